The van der Waals surface area contributed by atoms with Crippen molar-refractivity contribution in [3.63, 3.8) is 0 Å². The lowest BCUT2D eigenvalue weighted by Gasteiger charge is -2.13. The van der Waals surface area contributed by atoms with E-state index in [4.69, 9.17) is 0 Å². The Hall–Kier alpha value is -1.65. The number of carbonyl (C=O) groups excluding carboxylic acids is 1. The molecule has 1 amide bonds. The standard InChI is InChI=1S/C15H18N2OS/c1-11-6-3-4-7-13(11)17-15(18)10-16-12(2)14-8-5-9-19-14/h3-9,12,16H,10H2,1-2H3,(H,17,18)/t12-/m1/s1. The molecular weight excluding hydrogens is 256 g/mol. The predicted molar refractivity (Wildman–Crippen MR) is 80.5 cm³/mol. The van der Waals surface area contributed by atoms with Crippen molar-refractivity contribution >= 4 is 22.9 Å². The second-order valence-corrected chi connectivity index (χ2v) is 5.46. The molecule has 1 heterocycles. The Morgan fingerprint density at radius 3 is 2.74 bits per heavy atom. The molecule has 0 saturated carbocycles. The Labute approximate surface area is 117 Å². The van der Waals surface area contributed by atoms with Crippen molar-refractivity contribution in [2.24, 2.45) is 0 Å². The van der Waals surface area contributed by atoms with Gasteiger partial charge in [0.15, 0.2) is 0 Å². The van der Waals surface area contributed by atoms with Crippen LogP contribution in [0.4, 0.5) is 5.69 Å². The molecule has 1 aromatic carbocycles. The van der Waals surface area contributed by atoms with Crippen LogP contribution in [0.2, 0.25) is 0 Å². The van der Waals surface area contributed by atoms with Crippen molar-refractivity contribution in [1.82, 2.24) is 5.32 Å². The highest BCUT2D eigenvalue weighted by molar-refractivity contribution is 7.10. The van der Waals surface area contributed by atoms with Gasteiger partial charge in [-0.2, -0.15) is 0 Å². The molecule has 1 aromatic heterocycles. The maximum Gasteiger partial charge on any atom is 0.238 e. The molecule has 0 aliphatic rings. The Morgan fingerprint density at radius 1 is 1.26 bits per heavy atom. The van der Waals surface area contributed by atoms with Crippen molar-refractivity contribution in [3.05, 3.63) is 52.2 Å². The van der Waals surface area contributed by atoms with Crippen LogP contribution in [-0.2, 0) is 4.79 Å². The monoisotopic (exact) mass is 274 g/mol. The second-order valence-electron chi connectivity index (χ2n) is 4.48. The first-order valence-electron chi connectivity index (χ1n) is 6.29. The molecule has 2 rings (SSSR count). The number of amides is 1. The normalized spacial score (nSPS) is 12.1. The Kier molecular flexibility index (Phi) is 4.71. The van der Waals surface area contributed by atoms with Gasteiger partial charge in [-0.25, -0.2) is 0 Å². The van der Waals surface area contributed by atoms with E-state index in [1.165, 1.54) is 4.88 Å². The maximum atomic E-state index is 11.9. The van der Waals surface area contributed by atoms with Gasteiger partial charge in [0, 0.05) is 16.6 Å². The highest BCUT2D eigenvalue weighted by Gasteiger charge is 2.09. The van der Waals surface area contributed by atoms with Crippen molar-refractivity contribution < 1.29 is 4.79 Å². The summed E-state index contributed by atoms with van der Waals surface area (Å²) in [5, 5.41) is 8.18. The summed E-state index contributed by atoms with van der Waals surface area (Å²) in [5.41, 5.74) is 1.94. The van der Waals surface area contributed by atoms with Crippen LogP contribution >= 0.6 is 11.3 Å². The predicted octanol–water partition coefficient (Wildman–Crippen LogP) is 3.35. The molecule has 0 aliphatic heterocycles. The van der Waals surface area contributed by atoms with Crippen molar-refractivity contribution in [1.29, 1.82) is 0 Å². The minimum atomic E-state index is -0.0160. The lowest BCUT2D eigenvalue weighted by Crippen LogP contribution is -2.29. The summed E-state index contributed by atoms with van der Waals surface area (Å²) in [6, 6.07) is 12.1. The number of nitrogens with one attached hydrogen (secondary N) is 2. The molecule has 0 saturated heterocycles. The summed E-state index contributed by atoms with van der Waals surface area (Å²) in [7, 11) is 0. The summed E-state index contributed by atoms with van der Waals surface area (Å²) in [4.78, 5) is 13.1. The van der Waals surface area contributed by atoms with E-state index >= 15 is 0 Å². The Balaban J connectivity index is 1.84. The third kappa shape index (κ3) is 3.91. The number of para-hydroxylation sites is 1. The van der Waals surface area contributed by atoms with E-state index in [0.29, 0.717) is 6.54 Å². The molecule has 0 radical (unpaired) electrons. The molecule has 0 unspecified atom stereocenters. The van der Waals surface area contributed by atoms with Crippen LogP contribution in [0.1, 0.15) is 23.4 Å². The van der Waals surface area contributed by atoms with Crippen LogP contribution in [0.25, 0.3) is 0 Å². The van der Waals surface area contributed by atoms with Gasteiger partial charge in [0.1, 0.15) is 0 Å². The van der Waals surface area contributed by atoms with E-state index in [1.54, 1.807) is 11.3 Å². The molecule has 0 spiro atoms. The SMILES string of the molecule is Cc1ccccc1NC(=O)CN[C@H](C)c1cccs1. The van der Waals surface area contributed by atoms with Crippen molar-refractivity contribution in [2.75, 3.05) is 11.9 Å². The summed E-state index contributed by atoms with van der Waals surface area (Å²) >= 11 is 1.69. The number of benzene rings is 1. The maximum absolute atomic E-state index is 11.9. The molecule has 100 valence electrons. The first-order chi connectivity index (χ1) is 9.16. The van der Waals surface area contributed by atoms with Gasteiger partial charge < -0.3 is 10.6 Å². The number of hydrogen-bond acceptors (Lipinski definition) is 3. The van der Waals surface area contributed by atoms with Gasteiger partial charge in [-0.1, -0.05) is 24.3 Å². The summed E-state index contributed by atoms with van der Waals surface area (Å²) in [5.74, 6) is -0.0160. The second kappa shape index (κ2) is 6.50. The quantitative estimate of drug-likeness (QED) is 0.878. The molecule has 2 aromatic rings. The Bertz CT molecular complexity index is 537. The van der Waals surface area contributed by atoms with E-state index in [2.05, 4.69) is 23.6 Å². The fraction of sp³-hybridized carbons (Fsp3) is 0.267. The average Bonchev–Trinajstić information content (AvgIpc) is 2.93. The minimum absolute atomic E-state index is 0.0160. The van der Waals surface area contributed by atoms with Gasteiger partial charge in [0.25, 0.3) is 0 Å². The number of rotatable bonds is 5. The third-order valence-electron chi connectivity index (χ3n) is 2.96. The fourth-order valence-corrected chi connectivity index (χ4v) is 2.55. The van der Waals surface area contributed by atoms with Crippen LogP contribution in [0.5, 0.6) is 0 Å². The van der Waals surface area contributed by atoms with Gasteiger partial charge in [-0.15, -0.1) is 11.3 Å². The van der Waals surface area contributed by atoms with Gasteiger partial charge in [0.05, 0.1) is 6.54 Å². The molecule has 1 atom stereocenters. The summed E-state index contributed by atoms with van der Waals surface area (Å²) in [6.07, 6.45) is 0. The molecule has 19 heavy (non-hydrogen) atoms. The van der Waals surface area contributed by atoms with Crippen LogP contribution in [-0.4, -0.2) is 12.5 Å². The molecule has 3 nitrogen and oxygen atoms in total. The zero-order chi connectivity index (χ0) is 13.7. The van der Waals surface area contributed by atoms with E-state index in [0.717, 1.165) is 11.3 Å². The van der Waals surface area contributed by atoms with E-state index in [-0.39, 0.29) is 11.9 Å². The van der Waals surface area contributed by atoms with Crippen LogP contribution < -0.4 is 10.6 Å². The lowest BCUT2D eigenvalue weighted by atomic mass is 10.2. The van der Waals surface area contributed by atoms with Crippen LogP contribution in [0.15, 0.2) is 41.8 Å². The summed E-state index contributed by atoms with van der Waals surface area (Å²) < 4.78 is 0. The zero-order valence-corrected chi connectivity index (χ0v) is 12.0. The first kappa shape index (κ1) is 13.8. The van der Waals surface area contributed by atoms with E-state index < -0.39 is 0 Å². The molecule has 2 N–H and O–H groups in total. The number of carbonyl (C=O) groups is 1. The topological polar surface area (TPSA) is 41.1 Å². The minimum Gasteiger partial charge on any atom is -0.325 e. The number of aryl methyl sites for hydroxylation is 1. The number of hydrogen-bond donors (Lipinski definition) is 2. The van der Waals surface area contributed by atoms with Crippen molar-refractivity contribution in [3.8, 4) is 0 Å². The van der Waals surface area contributed by atoms with Crippen molar-refractivity contribution in [2.45, 2.75) is 19.9 Å². The van der Waals surface area contributed by atoms with Gasteiger partial charge in [0.2, 0.25) is 5.91 Å². The lowest BCUT2D eigenvalue weighted by molar-refractivity contribution is -0.115. The summed E-state index contributed by atoms with van der Waals surface area (Å²) in [6.45, 7) is 4.36. The number of thiophene rings is 1. The van der Waals surface area contributed by atoms with E-state index in [1.807, 2.05) is 42.6 Å². The van der Waals surface area contributed by atoms with Crippen LogP contribution in [0.3, 0.4) is 0 Å². The van der Waals surface area contributed by atoms with Gasteiger partial charge in [-0.05, 0) is 36.9 Å². The average molecular weight is 274 g/mol. The molecule has 0 fully saturated rings. The highest BCUT2D eigenvalue weighted by atomic mass is 32.1. The highest BCUT2D eigenvalue weighted by Crippen LogP contribution is 2.18. The third-order valence-corrected chi connectivity index (χ3v) is 4.01. The zero-order valence-electron chi connectivity index (χ0n) is 11.1. The van der Waals surface area contributed by atoms with Gasteiger partial charge >= 0.3 is 0 Å². The number of anilines is 1. The molecule has 4 heteroatoms. The fourth-order valence-electron chi connectivity index (χ4n) is 1.79. The van der Waals surface area contributed by atoms with E-state index in [9.17, 15) is 4.79 Å². The molecular formula is C15H18N2OS. The largest absolute Gasteiger partial charge is 0.325 e. The smallest absolute Gasteiger partial charge is 0.238 e. The Morgan fingerprint density at radius 2 is 2.05 bits per heavy atom. The molecule has 0 aliphatic carbocycles. The molecule has 0 bridgehead atoms. The van der Waals surface area contributed by atoms with Gasteiger partial charge in [-0.3, -0.25) is 4.79 Å². The van der Waals surface area contributed by atoms with Crippen LogP contribution in [0, 0.1) is 6.92 Å². The first-order valence-corrected chi connectivity index (χ1v) is 7.17.